The molecule has 0 bridgehead atoms. The lowest BCUT2D eigenvalue weighted by atomic mass is 10.0. The van der Waals surface area contributed by atoms with E-state index in [4.69, 9.17) is 4.74 Å². The van der Waals surface area contributed by atoms with Crippen LogP contribution in [0.4, 0.5) is 0 Å². The van der Waals surface area contributed by atoms with Gasteiger partial charge >= 0.3 is 5.97 Å². The fourth-order valence-corrected chi connectivity index (χ4v) is 9.13. The summed E-state index contributed by atoms with van der Waals surface area (Å²) in [5.41, 5.74) is 0. The van der Waals surface area contributed by atoms with Gasteiger partial charge in [0.2, 0.25) is 5.91 Å². The molecule has 3 N–H and O–H groups in total. The predicted molar refractivity (Wildman–Crippen MR) is 301 cm³/mol. The summed E-state index contributed by atoms with van der Waals surface area (Å²) in [5.74, 6) is -0.0779. The van der Waals surface area contributed by atoms with E-state index in [1.165, 1.54) is 231 Å². The number of carbonyl (C=O) groups excluding carboxylic acids is 2. The number of unbranched alkanes of at least 4 members (excludes halogenated alkanes) is 39. The minimum absolute atomic E-state index is 0.00347. The molecule has 0 heterocycles. The first kappa shape index (κ1) is 66.8. The van der Waals surface area contributed by atoms with Gasteiger partial charge in [-0.05, 0) is 89.9 Å². The maximum atomic E-state index is 12.4. The highest BCUT2D eigenvalue weighted by Crippen LogP contribution is 2.16. The van der Waals surface area contributed by atoms with Crippen LogP contribution in [0.5, 0.6) is 0 Å². The summed E-state index contributed by atoms with van der Waals surface area (Å²) < 4.78 is 5.47. The molecule has 2 unspecified atom stereocenters. The van der Waals surface area contributed by atoms with Crippen molar-refractivity contribution in [3.05, 3.63) is 48.6 Å². The first-order chi connectivity index (χ1) is 34.0. The highest BCUT2D eigenvalue weighted by atomic mass is 16.5. The molecule has 0 aromatic carbocycles. The van der Waals surface area contributed by atoms with Crippen molar-refractivity contribution in [1.82, 2.24) is 5.32 Å². The van der Waals surface area contributed by atoms with Crippen molar-refractivity contribution in [1.29, 1.82) is 0 Å². The number of amides is 1. The minimum Gasteiger partial charge on any atom is -0.466 e. The monoisotopic (exact) mass is 968 g/mol. The normalized spacial score (nSPS) is 12.9. The third kappa shape index (κ3) is 55.0. The maximum absolute atomic E-state index is 12.4. The van der Waals surface area contributed by atoms with Crippen LogP contribution in [-0.4, -0.2) is 47.4 Å². The van der Waals surface area contributed by atoms with Crippen molar-refractivity contribution >= 4 is 11.9 Å². The van der Waals surface area contributed by atoms with Crippen molar-refractivity contribution in [2.45, 2.75) is 328 Å². The standard InChI is InChI=1S/C63H117NO5/c1-3-5-7-9-11-13-15-17-28-33-37-41-45-49-53-57-63(68)69-58-54-50-46-42-38-34-30-27-25-23-21-19-20-22-24-26-29-32-36-40-44-48-52-56-62(67)64-60(59-65)61(66)55-51-47-43-39-35-31-18-16-14-12-10-8-6-4-2/h11,13,17,22,24,28,51,55,60-61,65-66H,3-10,12,14-16,18-21,23,25-27,29-50,52-54,56-59H2,1-2H3,(H,64,67)/b13-11-,24-22-,28-17-,55-51+. The number of nitrogens with one attached hydrogen (secondary N) is 1. The smallest absolute Gasteiger partial charge is 0.305 e. The van der Waals surface area contributed by atoms with Crippen LogP contribution in [0.3, 0.4) is 0 Å². The summed E-state index contributed by atoms with van der Waals surface area (Å²) in [6, 6.07) is -0.633. The fraction of sp³-hybridized carbons (Fsp3) is 0.841. The second kappa shape index (κ2) is 58.4. The topological polar surface area (TPSA) is 95.9 Å². The molecule has 0 saturated carbocycles. The molecule has 6 heteroatoms. The van der Waals surface area contributed by atoms with Crippen molar-refractivity contribution in [2.24, 2.45) is 0 Å². The number of carbonyl (C=O) groups is 2. The third-order valence-corrected chi connectivity index (χ3v) is 13.8. The zero-order valence-electron chi connectivity index (χ0n) is 46.0. The average Bonchev–Trinajstić information content (AvgIpc) is 3.35. The Morgan fingerprint density at radius 3 is 1.14 bits per heavy atom. The van der Waals surface area contributed by atoms with Gasteiger partial charge in [0.05, 0.1) is 25.4 Å². The molecule has 0 aliphatic carbocycles. The number of ether oxygens (including phenoxy) is 1. The molecule has 0 radical (unpaired) electrons. The van der Waals surface area contributed by atoms with Crippen LogP contribution >= 0.6 is 0 Å². The molecule has 0 aromatic heterocycles. The lowest BCUT2D eigenvalue weighted by Crippen LogP contribution is -2.45. The molecule has 69 heavy (non-hydrogen) atoms. The summed E-state index contributed by atoms with van der Waals surface area (Å²) >= 11 is 0. The van der Waals surface area contributed by atoms with Gasteiger partial charge in [-0.15, -0.1) is 0 Å². The molecule has 0 aliphatic heterocycles. The van der Waals surface area contributed by atoms with Gasteiger partial charge in [-0.3, -0.25) is 9.59 Å². The van der Waals surface area contributed by atoms with Crippen LogP contribution < -0.4 is 5.32 Å². The van der Waals surface area contributed by atoms with E-state index in [0.29, 0.717) is 19.4 Å². The number of hydrogen-bond acceptors (Lipinski definition) is 5. The molecule has 0 aliphatic rings. The Bertz CT molecular complexity index is 1160. The first-order valence-electron chi connectivity index (χ1n) is 30.4. The second-order valence-corrected chi connectivity index (χ2v) is 20.7. The van der Waals surface area contributed by atoms with Gasteiger partial charge in [-0.2, -0.15) is 0 Å². The van der Waals surface area contributed by atoms with Crippen LogP contribution in [0.15, 0.2) is 48.6 Å². The van der Waals surface area contributed by atoms with E-state index in [0.717, 1.165) is 57.8 Å². The Labute approximate surface area is 429 Å². The number of aliphatic hydroxyl groups excluding tert-OH is 2. The molecule has 6 nitrogen and oxygen atoms in total. The van der Waals surface area contributed by atoms with Crippen molar-refractivity contribution < 1.29 is 24.5 Å². The lowest BCUT2D eigenvalue weighted by molar-refractivity contribution is -0.143. The predicted octanol–water partition coefficient (Wildman–Crippen LogP) is 19.0. The molecule has 0 spiro atoms. The highest BCUT2D eigenvalue weighted by molar-refractivity contribution is 5.76. The quantitative estimate of drug-likeness (QED) is 0.0321. The van der Waals surface area contributed by atoms with Crippen LogP contribution in [-0.2, 0) is 14.3 Å². The highest BCUT2D eigenvalue weighted by Gasteiger charge is 2.18. The van der Waals surface area contributed by atoms with Crippen LogP contribution in [0.25, 0.3) is 0 Å². The van der Waals surface area contributed by atoms with Crippen LogP contribution in [0.2, 0.25) is 0 Å². The number of aliphatic hydroxyl groups is 2. The largest absolute Gasteiger partial charge is 0.466 e. The molecule has 0 fully saturated rings. The second-order valence-electron chi connectivity index (χ2n) is 20.7. The molecular formula is C63H117NO5. The summed E-state index contributed by atoms with van der Waals surface area (Å²) in [4.78, 5) is 24.5. The van der Waals surface area contributed by atoms with Gasteiger partial charge in [0.1, 0.15) is 0 Å². The van der Waals surface area contributed by atoms with E-state index in [1.54, 1.807) is 6.08 Å². The Kier molecular flexibility index (Phi) is 56.5. The van der Waals surface area contributed by atoms with Gasteiger partial charge in [0, 0.05) is 12.8 Å². The Balaban J connectivity index is 3.44. The van der Waals surface area contributed by atoms with E-state index < -0.39 is 12.1 Å². The average molecular weight is 969 g/mol. The van der Waals surface area contributed by atoms with E-state index in [2.05, 4.69) is 55.6 Å². The van der Waals surface area contributed by atoms with Crippen molar-refractivity contribution in [2.75, 3.05) is 13.2 Å². The van der Waals surface area contributed by atoms with E-state index in [-0.39, 0.29) is 18.5 Å². The van der Waals surface area contributed by atoms with Crippen LogP contribution in [0, 0.1) is 0 Å². The zero-order valence-corrected chi connectivity index (χ0v) is 46.0. The molecular weight excluding hydrogens is 851 g/mol. The number of allylic oxidation sites excluding steroid dienone is 7. The Hall–Kier alpha value is -2.18. The van der Waals surface area contributed by atoms with Gasteiger partial charge in [-0.1, -0.05) is 262 Å². The van der Waals surface area contributed by atoms with Gasteiger partial charge in [-0.25, -0.2) is 0 Å². The summed E-state index contributed by atoms with van der Waals surface area (Å²) in [6.07, 6.45) is 74.3. The Morgan fingerprint density at radius 1 is 0.406 bits per heavy atom. The molecule has 404 valence electrons. The van der Waals surface area contributed by atoms with Crippen molar-refractivity contribution in [3.63, 3.8) is 0 Å². The fourth-order valence-electron chi connectivity index (χ4n) is 9.13. The van der Waals surface area contributed by atoms with Gasteiger partial charge in [0.15, 0.2) is 0 Å². The van der Waals surface area contributed by atoms with Crippen molar-refractivity contribution in [3.8, 4) is 0 Å². The number of hydrogen-bond donors (Lipinski definition) is 3. The molecule has 0 rings (SSSR count). The minimum atomic E-state index is -0.848. The zero-order chi connectivity index (χ0) is 50.0. The summed E-state index contributed by atoms with van der Waals surface area (Å²) in [5, 5.41) is 23.1. The number of esters is 1. The van der Waals surface area contributed by atoms with Gasteiger partial charge in [0.25, 0.3) is 0 Å². The first-order valence-corrected chi connectivity index (χ1v) is 30.4. The van der Waals surface area contributed by atoms with E-state index in [9.17, 15) is 19.8 Å². The molecule has 2 atom stereocenters. The molecule has 1 amide bonds. The van der Waals surface area contributed by atoms with Crippen LogP contribution in [0.1, 0.15) is 316 Å². The van der Waals surface area contributed by atoms with Gasteiger partial charge < -0.3 is 20.3 Å². The third-order valence-electron chi connectivity index (χ3n) is 13.8. The Morgan fingerprint density at radius 2 is 0.725 bits per heavy atom. The maximum Gasteiger partial charge on any atom is 0.305 e. The lowest BCUT2D eigenvalue weighted by Gasteiger charge is -2.20. The summed E-state index contributed by atoms with van der Waals surface area (Å²) in [7, 11) is 0. The summed E-state index contributed by atoms with van der Waals surface area (Å²) in [6.45, 7) is 4.87. The van der Waals surface area contributed by atoms with E-state index in [1.807, 2.05) is 6.08 Å². The SMILES string of the molecule is CCCCC/C=C\C/C=C\CCCCCCCC(=O)OCCCCCCCCCCCCCC/C=C\CCCCCCCCCC(=O)NC(CO)C(O)/C=C/CCCCCCCCCCCCCC. The molecule has 0 saturated heterocycles. The van der Waals surface area contributed by atoms with E-state index >= 15 is 0 Å². The number of rotatable bonds is 56. The molecule has 0 aromatic rings.